The topological polar surface area (TPSA) is 57.5 Å². The minimum atomic E-state index is -0.0844. The molecule has 0 bridgehead atoms. The van der Waals surface area contributed by atoms with Gasteiger partial charge >= 0.3 is 0 Å². The molecule has 0 heterocycles. The SMILES string of the molecule is CCCCCCCC/C=C\CCCCCCCC(=O)CCCCc1ccc(O)c(O)c1. The zero-order valence-electron chi connectivity index (χ0n) is 19.9. The normalized spacial score (nSPS) is 11.4. The number of allylic oxidation sites excluding steroid dienone is 2. The van der Waals surface area contributed by atoms with Crippen LogP contribution in [0, 0.1) is 0 Å². The number of rotatable bonds is 20. The molecule has 0 saturated carbocycles. The average molecular weight is 431 g/mol. The van der Waals surface area contributed by atoms with Crippen molar-refractivity contribution < 1.29 is 15.0 Å². The number of hydrogen-bond acceptors (Lipinski definition) is 3. The second-order valence-electron chi connectivity index (χ2n) is 8.90. The number of carbonyl (C=O) groups excluding carboxylic acids is 1. The molecule has 0 amide bonds. The Bertz CT molecular complexity index is 606. The van der Waals surface area contributed by atoms with Gasteiger partial charge in [-0.1, -0.05) is 76.5 Å². The fourth-order valence-electron chi connectivity index (χ4n) is 3.89. The summed E-state index contributed by atoms with van der Waals surface area (Å²) in [5.41, 5.74) is 1.00. The van der Waals surface area contributed by atoms with E-state index in [-0.39, 0.29) is 11.5 Å². The molecule has 0 unspecified atom stereocenters. The smallest absolute Gasteiger partial charge is 0.157 e. The van der Waals surface area contributed by atoms with Crippen molar-refractivity contribution in [1.29, 1.82) is 0 Å². The predicted molar refractivity (Wildman–Crippen MR) is 132 cm³/mol. The van der Waals surface area contributed by atoms with Crippen LogP contribution >= 0.6 is 0 Å². The summed E-state index contributed by atoms with van der Waals surface area (Å²) < 4.78 is 0. The summed E-state index contributed by atoms with van der Waals surface area (Å²) in [6, 6.07) is 4.94. The molecule has 0 atom stereocenters. The van der Waals surface area contributed by atoms with Gasteiger partial charge in [0.2, 0.25) is 0 Å². The molecule has 0 spiro atoms. The molecule has 0 aliphatic rings. The van der Waals surface area contributed by atoms with Crippen LogP contribution in [-0.4, -0.2) is 16.0 Å². The lowest BCUT2D eigenvalue weighted by atomic mass is 10.0. The molecule has 0 fully saturated rings. The van der Waals surface area contributed by atoms with E-state index in [0.717, 1.165) is 37.7 Å². The Hall–Kier alpha value is -1.77. The number of benzene rings is 1. The first kappa shape index (κ1) is 27.3. The van der Waals surface area contributed by atoms with Crippen LogP contribution in [0.25, 0.3) is 0 Å². The van der Waals surface area contributed by atoms with Crippen LogP contribution in [0.1, 0.15) is 122 Å². The third-order valence-corrected chi connectivity index (χ3v) is 5.93. The fraction of sp³-hybridized carbons (Fsp3) is 0.679. The molecule has 0 aliphatic heterocycles. The summed E-state index contributed by atoms with van der Waals surface area (Å²) in [6.45, 7) is 2.26. The number of Topliss-reactive ketones (excluding diaryl/α,β-unsaturated/α-hetero) is 1. The highest BCUT2D eigenvalue weighted by atomic mass is 16.3. The van der Waals surface area contributed by atoms with Crippen LogP contribution in [0.4, 0.5) is 0 Å². The van der Waals surface area contributed by atoms with Gasteiger partial charge in [-0.15, -0.1) is 0 Å². The Morgan fingerprint density at radius 1 is 0.710 bits per heavy atom. The van der Waals surface area contributed by atoms with E-state index in [1.54, 1.807) is 6.07 Å². The van der Waals surface area contributed by atoms with E-state index < -0.39 is 0 Å². The Labute approximate surface area is 191 Å². The number of unbranched alkanes of at least 4 members (excludes halogenated alkanes) is 12. The van der Waals surface area contributed by atoms with Gasteiger partial charge in [0.25, 0.3) is 0 Å². The maximum Gasteiger partial charge on any atom is 0.157 e. The minimum absolute atomic E-state index is 0.0715. The number of phenols is 2. The van der Waals surface area contributed by atoms with Crippen molar-refractivity contribution in [3.05, 3.63) is 35.9 Å². The molecule has 3 heteroatoms. The second kappa shape index (κ2) is 19.0. The molecular formula is C28H46O3. The number of carbonyl (C=O) groups is 1. The van der Waals surface area contributed by atoms with E-state index in [9.17, 15) is 15.0 Å². The maximum absolute atomic E-state index is 12.0. The monoisotopic (exact) mass is 430 g/mol. The van der Waals surface area contributed by atoms with E-state index in [1.165, 1.54) is 83.1 Å². The molecular weight excluding hydrogens is 384 g/mol. The molecule has 1 rings (SSSR count). The first-order chi connectivity index (χ1) is 15.1. The van der Waals surface area contributed by atoms with Crippen molar-refractivity contribution in [3.63, 3.8) is 0 Å². The van der Waals surface area contributed by atoms with E-state index >= 15 is 0 Å². The van der Waals surface area contributed by atoms with Gasteiger partial charge in [0, 0.05) is 12.8 Å². The minimum Gasteiger partial charge on any atom is -0.504 e. The Morgan fingerprint density at radius 3 is 1.87 bits per heavy atom. The molecule has 1 aromatic rings. The lowest BCUT2D eigenvalue weighted by Crippen LogP contribution is -1.98. The van der Waals surface area contributed by atoms with Crippen LogP contribution in [0.5, 0.6) is 11.5 Å². The molecule has 1 aromatic carbocycles. The largest absolute Gasteiger partial charge is 0.504 e. The Balaban J connectivity index is 1.86. The highest BCUT2D eigenvalue weighted by Gasteiger charge is 2.04. The van der Waals surface area contributed by atoms with Crippen molar-refractivity contribution >= 4 is 5.78 Å². The summed E-state index contributed by atoms with van der Waals surface area (Å²) in [4.78, 5) is 12.0. The van der Waals surface area contributed by atoms with Gasteiger partial charge in [0.05, 0.1) is 0 Å². The number of hydrogen-bond donors (Lipinski definition) is 2. The number of aromatic hydroxyl groups is 2. The van der Waals surface area contributed by atoms with Crippen LogP contribution < -0.4 is 0 Å². The highest BCUT2D eigenvalue weighted by molar-refractivity contribution is 5.78. The highest BCUT2D eigenvalue weighted by Crippen LogP contribution is 2.25. The van der Waals surface area contributed by atoms with Gasteiger partial charge in [-0.05, 0) is 69.1 Å². The molecule has 0 aromatic heterocycles. The van der Waals surface area contributed by atoms with Crippen LogP contribution in [0.2, 0.25) is 0 Å². The Morgan fingerprint density at radius 2 is 1.26 bits per heavy atom. The van der Waals surface area contributed by atoms with Gasteiger partial charge in [-0.3, -0.25) is 4.79 Å². The zero-order chi connectivity index (χ0) is 22.6. The molecule has 176 valence electrons. The van der Waals surface area contributed by atoms with Crippen molar-refractivity contribution in [3.8, 4) is 11.5 Å². The molecule has 31 heavy (non-hydrogen) atoms. The van der Waals surface area contributed by atoms with Crippen molar-refractivity contribution in [2.45, 2.75) is 122 Å². The van der Waals surface area contributed by atoms with Gasteiger partial charge < -0.3 is 10.2 Å². The first-order valence-electron chi connectivity index (χ1n) is 12.8. The molecule has 2 N–H and O–H groups in total. The van der Waals surface area contributed by atoms with Crippen molar-refractivity contribution in [2.24, 2.45) is 0 Å². The van der Waals surface area contributed by atoms with Crippen molar-refractivity contribution in [2.75, 3.05) is 0 Å². The lowest BCUT2D eigenvalue weighted by molar-refractivity contribution is -0.119. The standard InChI is InChI=1S/C28H46O3/c1-2-3-4-5-6-7-8-9-10-11-12-13-14-15-16-20-26(29)21-18-17-19-25-22-23-27(30)28(31)24-25/h9-10,22-24,30-31H,2-8,11-21H2,1H3/b10-9-. The molecule has 0 saturated heterocycles. The quantitative estimate of drug-likeness (QED) is 0.124. The van der Waals surface area contributed by atoms with Crippen molar-refractivity contribution in [1.82, 2.24) is 0 Å². The van der Waals surface area contributed by atoms with E-state index in [4.69, 9.17) is 0 Å². The second-order valence-corrected chi connectivity index (χ2v) is 8.90. The molecule has 0 radical (unpaired) electrons. The van der Waals surface area contributed by atoms with Gasteiger partial charge in [0.15, 0.2) is 11.5 Å². The molecule has 0 aliphatic carbocycles. The van der Waals surface area contributed by atoms with E-state index in [0.29, 0.717) is 12.2 Å². The average Bonchev–Trinajstić information content (AvgIpc) is 2.76. The third-order valence-electron chi connectivity index (χ3n) is 5.93. The third kappa shape index (κ3) is 15.6. The molecule has 3 nitrogen and oxygen atoms in total. The predicted octanol–water partition coefficient (Wildman–Crippen LogP) is 8.42. The lowest BCUT2D eigenvalue weighted by Gasteiger charge is -2.04. The maximum atomic E-state index is 12.0. The van der Waals surface area contributed by atoms with Gasteiger partial charge in [-0.2, -0.15) is 0 Å². The summed E-state index contributed by atoms with van der Waals surface area (Å²) in [5.74, 6) is 0.225. The van der Waals surface area contributed by atoms with Crippen LogP contribution in [0.15, 0.2) is 30.4 Å². The fourth-order valence-corrected chi connectivity index (χ4v) is 3.89. The van der Waals surface area contributed by atoms with Gasteiger partial charge in [0.1, 0.15) is 5.78 Å². The number of phenolic OH excluding ortho intramolecular Hbond substituents is 2. The van der Waals surface area contributed by atoms with E-state index in [1.807, 2.05) is 6.07 Å². The van der Waals surface area contributed by atoms with Crippen LogP contribution in [0.3, 0.4) is 0 Å². The van der Waals surface area contributed by atoms with Crippen LogP contribution in [-0.2, 0) is 11.2 Å². The Kier molecular flexibility index (Phi) is 16.7. The summed E-state index contributed by atoms with van der Waals surface area (Å²) in [6.07, 6.45) is 25.4. The van der Waals surface area contributed by atoms with E-state index in [2.05, 4.69) is 19.1 Å². The number of ketones is 1. The zero-order valence-corrected chi connectivity index (χ0v) is 19.9. The summed E-state index contributed by atoms with van der Waals surface area (Å²) >= 11 is 0. The summed E-state index contributed by atoms with van der Waals surface area (Å²) in [5, 5.41) is 18.8. The summed E-state index contributed by atoms with van der Waals surface area (Å²) in [7, 11) is 0. The first-order valence-corrected chi connectivity index (χ1v) is 12.8. The number of aryl methyl sites for hydroxylation is 1. The van der Waals surface area contributed by atoms with Gasteiger partial charge in [-0.25, -0.2) is 0 Å².